The van der Waals surface area contributed by atoms with Crippen LogP contribution in [0, 0.1) is 0 Å². The summed E-state index contributed by atoms with van der Waals surface area (Å²) in [6.07, 6.45) is 5.33. The van der Waals surface area contributed by atoms with Crippen molar-refractivity contribution in [2.24, 2.45) is 0 Å². The second-order valence-corrected chi connectivity index (χ2v) is 6.56. The Hall–Kier alpha value is -2.50. The molecule has 0 spiro atoms. The van der Waals surface area contributed by atoms with Crippen LogP contribution in [0.2, 0.25) is 10.0 Å². The minimum Gasteiger partial charge on any atom is -0.482 e. The fraction of sp³-hybridized carbons (Fsp3) is 0.158. The SMILES string of the molecule is C[C@H](NC(=O)COc1cc(Cl)ccc1Cl)c1ccc(-n2ccnc2)cc1. The average Bonchev–Trinajstić information content (AvgIpc) is 3.17. The number of hydrogen-bond acceptors (Lipinski definition) is 3. The molecule has 1 N–H and O–H groups in total. The van der Waals surface area contributed by atoms with Crippen LogP contribution in [0.25, 0.3) is 5.69 Å². The highest BCUT2D eigenvalue weighted by atomic mass is 35.5. The number of amides is 1. The van der Waals surface area contributed by atoms with E-state index in [1.165, 1.54) is 0 Å². The Labute approximate surface area is 161 Å². The molecule has 2 aromatic carbocycles. The van der Waals surface area contributed by atoms with Gasteiger partial charge in [0.15, 0.2) is 6.61 Å². The predicted molar refractivity (Wildman–Crippen MR) is 102 cm³/mol. The standard InChI is InChI=1S/C19H17Cl2N3O2/c1-13(14-2-5-16(6-3-14)24-9-8-22-12-24)23-19(25)11-26-18-10-15(20)4-7-17(18)21/h2-10,12-13H,11H2,1H3,(H,23,25)/t13-/m0/s1. The van der Waals surface area contributed by atoms with Gasteiger partial charge < -0.3 is 14.6 Å². The van der Waals surface area contributed by atoms with E-state index in [4.69, 9.17) is 27.9 Å². The topological polar surface area (TPSA) is 56.1 Å². The molecule has 0 saturated carbocycles. The molecule has 1 heterocycles. The summed E-state index contributed by atoms with van der Waals surface area (Å²) in [5.74, 6) is 0.138. The van der Waals surface area contributed by atoms with Crippen molar-refractivity contribution < 1.29 is 9.53 Å². The zero-order valence-corrected chi connectivity index (χ0v) is 15.5. The molecule has 0 radical (unpaired) electrons. The van der Waals surface area contributed by atoms with Crippen molar-refractivity contribution in [2.75, 3.05) is 6.61 Å². The summed E-state index contributed by atoms with van der Waals surface area (Å²) in [6.45, 7) is 1.77. The van der Waals surface area contributed by atoms with Gasteiger partial charge in [0.25, 0.3) is 5.91 Å². The molecule has 1 atom stereocenters. The lowest BCUT2D eigenvalue weighted by Gasteiger charge is -2.15. The molecule has 7 heteroatoms. The number of hydrogen-bond donors (Lipinski definition) is 1. The van der Waals surface area contributed by atoms with Crippen molar-refractivity contribution in [1.29, 1.82) is 0 Å². The molecule has 0 saturated heterocycles. The minimum absolute atomic E-state index is 0.141. The molecule has 134 valence electrons. The molecule has 0 aliphatic rings. The molecule has 0 aliphatic heterocycles. The Bertz CT molecular complexity index is 880. The van der Waals surface area contributed by atoms with Crippen molar-refractivity contribution in [3.8, 4) is 11.4 Å². The van der Waals surface area contributed by atoms with Gasteiger partial charge in [0, 0.05) is 29.2 Å². The van der Waals surface area contributed by atoms with Crippen molar-refractivity contribution in [3.63, 3.8) is 0 Å². The van der Waals surface area contributed by atoms with Gasteiger partial charge in [0.2, 0.25) is 0 Å². The Morgan fingerprint density at radius 3 is 2.69 bits per heavy atom. The molecule has 1 aromatic heterocycles. The number of carbonyl (C=O) groups excluding carboxylic acids is 1. The number of imidazole rings is 1. The number of ether oxygens (including phenoxy) is 1. The van der Waals surface area contributed by atoms with Crippen molar-refractivity contribution in [1.82, 2.24) is 14.9 Å². The minimum atomic E-state index is -0.243. The first-order valence-electron chi connectivity index (χ1n) is 7.98. The quantitative estimate of drug-likeness (QED) is 0.677. The van der Waals surface area contributed by atoms with Crippen LogP contribution >= 0.6 is 23.2 Å². The fourth-order valence-electron chi connectivity index (χ4n) is 2.44. The summed E-state index contributed by atoms with van der Waals surface area (Å²) in [5.41, 5.74) is 1.99. The first-order chi connectivity index (χ1) is 12.5. The molecule has 26 heavy (non-hydrogen) atoms. The Kier molecular flexibility index (Phi) is 5.81. The summed E-state index contributed by atoms with van der Waals surface area (Å²) in [6, 6.07) is 12.6. The maximum atomic E-state index is 12.1. The molecule has 3 rings (SSSR count). The van der Waals surface area contributed by atoms with Gasteiger partial charge in [-0.15, -0.1) is 0 Å². The molecular formula is C19H17Cl2N3O2. The van der Waals surface area contributed by atoms with Crippen molar-refractivity contribution in [3.05, 3.63) is 76.8 Å². The van der Waals surface area contributed by atoms with Gasteiger partial charge >= 0.3 is 0 Å². The number of nitrogens with zero attached hydrogens (tertiary/aromatic N) is 2. The van der Waals surface area contributed by atoms with Gasteiger partial charge in [-0.05, 0) is 36.8 Å². The highest BCUT2D eigenvalue weighted by Gasteiger charge is 2.11. The molecule has 0 unspecified atom stereocenters. The van der Waals surface area contributed by atoms with Crippen LogP contribution < -0.4 is 10.1 Å². The zero-order chi connectivity index (χ0) is 18.5. The van der Waals surface area contributed by atoms with E-state index in [2.05, 4.69) is 10.3 Å². The van der Waals surface area contributed by atoms with Crippen LogP contribution in [-0.2, 0) is 4.79 Å². The number of halogens is 2. The third-order valence-corrected chi connectivity index (χ3v) is 4.37. The van der Waals surface area contributed by atoms with Crippen LogP contribution in [0.4, 0.5) is 0 Å². The summed E-state index contributed by atoms with van der Waals surface area (Å²) >= 11 is 11.9. The van der Waals surface area contributed by atoms with E-state index in [0.717, 1.165) is 11.3 Å². The third kappa shape index (κ3) is 4.56. The van der Waals surface area contributed by atoms with E-state index in [1.54, 1.807) is 30.7 Å². The van der Waals surface area contributed by atoms with Crippen molar-refractivity contribution >= 4 is 29.1 Å². The third-order valence-electron chi connectivity index (χ3n) is 3.83. The van der Waals surface area contributed by atoms with E-state index in [0.29, 0.717) is 15.8 Å². The second kappa shape index (κ2) is 8.25. The lowest BCUT2D eigenvalue weighted by Crippen LogP contribution is -2.31. The molecule has 0 bridgehead atoms. The first-order valence-corrected chi connectivity index (χ1v) is 8.74. The largest absolute Gasteiger partial charge is 0.482 e. The van der Waals surface area contributed by atoms with Gasteiger partial charge in [0.1, 0.15) is 5.75 Å². The van der Waals surface area contributed by atoms with Crippen molar-refractivity contribution in [2.45, 2.75) is 13.0 Å². The van der Waals surface area contributed by atoms with E-state index < -0.39 is 0 Å². The summed E-state index contributed by atoms with van der Waals surface area (Å²) in [5, 5.41) is 3.80. The zero-order valence-electron chi connectivity index (χ0n) is 14.0. The summed E-state index contributed by atoms with van der Waals surface area (Å²) in [7, 11) is 0. The van der Waals surface area contributed by atoms with Crippen LogP contribution in [0.5, 0.6) is 5.75 Å². The molecule has 5 nitrogen and oxygen atoms in total. The van der Waals surface area contributed by atoms with Crippen LogP contribution in [0.1, 0.15) is 18.5 Å². The smallest absolute Gasteiger partial charge is 0.258 e. The van der Waals surface area contributed by atoms with E-state index in [1.807, 2.05) is 42.0 Å². The number of aromatic nitrogens is 2. The van der Waals surface area contributed by atoms with Crippen LogP contribution in [0.3, 0.4) is 0 Å². The average molecular weight is 390 g/mol. The summed E-state index contributed by atoms with van der Waals surface area (Å²) in [4.78, 5) is 16.2. The second-order valence-electron chi connectivity index (χ2n) is 5.71. The molecular weight excluding hydrogens is 373 g/mol. The van der Waals surface area contributed by atoms with Gasteiger partial charge in [-0.1, -0.05) is 35.3 Å². The predicted octanol–water partition coefficient (Wildman–Crippen LogP) is 4.44. The molecule has 0 fully saturated rings. The van der Waals surface area contributed by atoms with Gasteiger partial charge in [-0.25, -0.2) is 4.98 Å². The number of nitrogens with one attached hydrogen (secondary N) is 1. The normalized spacial score (nSPS) is 11.8. The van der Waals surface area contributed by atoms with Gasteiger partial charge in [-0.2, -0.15) is 0 Å². The molecule has 1 amide bonds. The number of carbonyl (C=O) groups is 1. The lowest BCUT2D eigenvalue weighted by molar-refractivity contribution is -0.123. The number of benzene rings is 2. The Morgan fingerprint density at radius 1 is 1.23 bits per heavy atom. The Morgan fingerprint density at radius 2 is 2.00 bits per heavy atom. The highest BCUT2D eigenvalue weighted by molar-refractivity contribution is 6.34. The van der Waals surface area contributed by atoms with Crippen LogP contribution in [-0.4, -0.2) is 22.1 Å². The molecule has 3 aromatic rings. The van der Waals surface area contributed by atoms with E-state index >= 15 is 0 Å². The van der Waals surface area contributed by atoms with Gasteiger partial charge in [0.05, 0.1) is 17.4 Å². The van der Waals surface area contributed by atoms with Gasteiger partial charge in [-0.3, -0.25) is 4.79 Å². The lowest BCUT2D eigenvalue weighted by atomic mass is 10.1. The summed E-state index contributed by atoms with van der Waals surface area (Å²) < 4.78 is 7.36. The van der Waals surface area contributed by atoms with E-state index in [-0.39, 0.29) is 18.6 Å². The first kappa shape index (κ1) is 18.3. The number of rotatable bonds is 6. The van der Waals surface area contributed by atoms with E-state index in [9.17, 15) is 4.79 Å². The molecule has 0 aliphatic carbocycles. The maximum Gasteiger partial charge on any atom is 0.258 e. The monoisotopic (exact) mass is 389 g/mol. The highest BCUT2D eigenvalue weighted by Crippen LogP contribution is 2.27. The Balaban J connectivity index is 1.56. The fourth-order valence-corrected chi connectivity index (χ4v) is 2.78. The maximum absolute atomic E-state index is 12.1. The van der Waals surface area contributed by atoms with Crippen LogP contribution in [0.15, 0.2) is 61.2 Å².